The van der Waals surface area contributed by atoms with Crippen LogP contribution in [0, 0.1) is 5.82 Å². The van der Waals surface area contributed by atoms with Crippen LogP contribution in [0.15, 0.2) is 36.5 Å². The van der Waals surface area contributed by atoms with Crippen LogP contribution in [-0.2, 0) is 16.1 Å². The topological polar surface area (TPSA) is 106 Å². The predicted molar refractivity (Wildman–Crippen MR) is 80.4 cm³/mol. The average Bonchev–Trinajstić information content (AvgIpc) is 2.81. The molecule has 2 aromatic rings. The molecule has 0 saturated heterocycles. The van der Waals surface area contributed by atoms with Crippen LogP contribution in [0.5, 0.6) is 0 Å². The van der Waals surface area contributed by atoms with Gasteiger partial charge in [-0.1, -0.05) is 11.6 Å². The maximum Gasteiger partial charge on any atom is 0.328 e. The molecule has 0 saturated carbocycles. The number of carboxylic acids is 2. The third-order valence-electron chi connectivity index (χ3n) is 2.55. The Labute approximate surface area is 130 Å². The van der Waals surface area contributed by atoms with E-state index in [1.54, 1.807) is 6.07 Å². The highest BCUT2D eigenvalue weighted by Crippen LogP contribution is 2.23. The predicted octanol–water partition coefficient (Wildman–Crippen LogP) is 2.10. The van der Waals surface area contributed by atoms with Crippen molar-refractivity contribution in [3.63, 3.8) is 0 Å². The molecular formula is C14H14ClFN2O4. The van der Waals surface area contributed by atoms with Crippen molar-refractivity contribution in [2.75, 3.05) is 6.54 Å². The zero-order chi connectivity index (χ0) is 16.7. The van der Waals surface area contributed by atoms with E-state index in [2.05, 4.69) is 0 Å². The number of nitrogens with two attached hydrogens (primary N) is 1. The molecule has 22 heavy (non-hydrogen) atoms. The average molecular weight is 329 g/mol. The fraction of sp³-hybridized carbons (Fsp3) is 0.143. The third kappa shape index (κ3) is 5.19. The molecule has 0 aliphatic heterocycles. The first-order valence-electron chi connectivity index (χ1n) is 6.13. The van der Waals surface area contributed by atoms with Crippen LogP contribution < -0.4 is 5.73 Å². The van der Waals surface area contributed by atoms with Crippen LogP contribution in [0.3, 0.4) is 0 Å². The molecule has 0 spiro atoms. The van der Waals surface area contributed by atoms with Crippen LogP contribution in [0.1, 0.15) is 0 Å². The van der Waals surface area contributed by atoms with E-state index in [0.29, 0.717) is 25.2 Å². The Balaban J connectivity index is 0.000000261. The maximum atomic E-state index is 13.1. The summed E-state index contributed by atoms with van der Waals surface area (Å²) in [6, 6.07) is 4.91. The first-order chi connectivity index (χ1) is 10.3. The number of aliphatic carboxylic acids is 2. The molecule has 0 aliphatic rings. The van der Waals surface area contributed by atoms with Crippen LogP contribution in [0.25, 0.3) is 10.9 Å². The molecule has 1 aromatic heterocycles. The van der Waals surface area contributed by atoms with E-state index in [-0.39, 0.29) is 10.8 Å². The molecule has 0 aliphatic carbocycles. The first-order valence-corrected chi connectivity index (χ1v) is 6.51. The van der Waals surface area contributed by atoms with Gasteiger partial charge in [0, 0.05) is 42.3 Å². The number of hydrogen-bond donors (Lipinski definition) is 3. The molecule has 0 radical (unpaired) electrons. The Bertz CT molecular complexity index is 696. The van der Waals surface area contributed by atoms with Crippen molar-refractivity contribution >= 4 is 34.4 Å². The van der Waals surface area contributed by atoms with Gasteiger partial charge in [-0.05, 0) is 18.2 Å². The zero-order valence-corrected chi connectivity index (χ0v) is 12.1. The summed E-state index contributed by atoms with van der Waals surface area (Å²) in [7, 11) is 0. The fourth-order valence-electron chi connectivity index (χ4n) is 1.66. The molecule has 6 nitrogen and oxygen atoms in total. The van der Waals surface area contributed by atoms with E-state index >= 15 is 0 Å². The summed E-state index contributed by atoms with van der Waals surface area (Å²) in [6.45, 7) is 1.27. The largest absolute Gasteiger partial charge is 0.478 e. The summed E-state index contributed by atoms with van der Waals surface area (Å²) in [5, 5.41) is 16.6. The summed E-state index contributed by atoms with van der Waals surface area (Å²) in [5.74, 6) is -2.90. The SMILES string of the molecule is NCCn1ccc2cc(F)c(Cl)cc21.O=C(O)/C=C/C(=O)O. The lowest BCUT2D eigenvalue weighted by Gasteiger charge is -2.03. The van der Waals surface area contributed by atoms with E-state index in [1.165, 1.54) is 6.07 Å². The van der Waals surface area contributed by atoms with Crippen molar-refractivity contribution in [3.8, 4) is 0 Å². The summed E-state index contributed by atoms with van der Waals surface area (Å²) < 4.78 is 15.0. The lowest BCUT2D eigenvalue weighted by Crippen LogP contribution is -2.08. The minimum Gasteiger partial charge on any atom is -0.478 e. The summed E-state index contributed by atoms with van der Waals surface area (Å²) >= 11 is 5.70. The van der Waals surface area contributed by atoms with Crippen LogP contribution in [0.2, 0.25) is 5.02 Å². The Morgan fingerprint density at radius 2 is 1.86 bits per heavy atom. The van der Waals surface area contributed by atoms with Crippen LogP contribution >= 0.6 is 11.6 Å². The molecular weight excluding hydrogens is 315 g/mol. The first kappa shape index (κ1) is 17.7. The van der Waals surface area contributed by atoms with Gasteiger partial charge in [0.05, 0.1) is 5.02 Å². The van der Waals surface area contributed by atoms with Crippen LogP contribution in [0.4, 0.5) is 4.39 Å². The highest BCUT2D eigenvalue weighted by Gasteiger charge is 2.05. The number of hydrogen-bond acceptors (Lipinski definition) is 3. The second kappa shape index (κ2) is 8.16. The number of benzene rings is 1. The lowest BCUT2D eigenvalue weighted by atomic mass is 10.2. The molecule has 2 rings (SSSR count). The van der Waals surface area contributed by atoms with Gasteiger partial charge in [0.1, 0.15) is 5.82 Å². The van der Waals surface area contributed by atoms with Crippen LogP contribution in [-0.4, -0.2) is 33.3 Å². The molecule has 8 heteroatoms. The quantitative estimate of drug-likeness (QED) is 0.745. The Kier molecular flexibility index (Phi) is 6.55. The minimum atomic E-state index is -1.26. The molecule has 0 bridgehead atoms. The molecule has 0 unspecified atom stereocenters. The highest BCUT2D eigenvalue weighted by atomic mass is 35.5. The van der Waals surface area contributed by atoms with Gasteiger partial charge in [0.25, 0.3) is 0 Å². The second-order valence-corrected chi connectivity index (χ2v) is 4.54. The highest BCUT2D eigenvalue weighted by molar-refractivity contribution is 6.31. The number of rotatable bonds is 4. The lowest BCUT2D eigenvalue weighted by molar-refractivity contribution is -0.134. The summed E-state index contributed by atoms with van der Waals surface area (Å²) in [4.78, 5) is 19.1. The van der Waals surface area contributed by atoms with Crippen molar-refractivity contribution in [1.82, 2.24) is 4.57 Å². The number of nitrogens with zero attached hydrogens (tertiary/aromatic N) is 1. The standard InChI is InChI=1S/C10H10ClFN2.C4H4O4/c11-8-6-10-7(5-9(8)12)1-3-14(10)4-2-13;5-3(6)1-2-4(7)8/h1,3,5-6H,2,4,13H2;1-2H,(H,5,6)(H,7,8)/b;2-1+. The zero-order valence-electron chi connectivity index (χ0n) is 11.4. The van der Waals surface area contributed by atoms with Gasteiger partial charge in [0.2, 0.25) is 0 Å². The van der Waals surface area contributed by atoms with Crippen molar-refractivity contribution in [2.45, 2.75) is 6.54 Å². The second-order valence-electron chi connectivity index (χ2n) is 4.13. The number of carbonyl (C=O) groups is 2. The van der Waals surface area contributed by atoms with Crippen molar-refractivity contribution in [2.24, 2.45) is 5.73 Å². The van der Waals surface area contributed by atoms with Gasteiger partial charge >= 0.3 is 11.9 Å². The van der Waals surface area contributed by atoms with Crippen molar-refractivity contribution < 1.29 is 24.2 Å². The smallest absolute Gasteiger partial charge is 0.328 e. The number of carboxylic acid groups (broad SMARTS) is 2. The number of fused-ring (bicyclic) bond motifs is 1. The Hall–Kier alpha value is -2.38. The van der Waals surface area contributed by atoms with E-state index in [4.69, 9.17) is 27.5 Å². The van der Waals surface area contributed by atoms with Gasteiger partial charge in [-0.15, -0.1) is 0 Å². The maximum absolute atomic E-state index is 13.1. The number of halogens is 2. The van der Waals surface area contributed by atoms with Crippen molar-refractivity contribution in [1.29, 1.82) is 0 Å². The summed E-state index contributed by atoms with van der Waals surface area (Å²) in [6.07, 6.45) is 3.00. The monoisotopic (exact) mass is 328 g/mol. The minimum absolute atomic E-state index is 0.148. The van der Waals surface area contributed by atoms with Gasteiger partial charge in [-0.3, -0.25) is 0 Å². The molecule has 118 valence electrons. The van der Waals surface area contributed by atoms with Gasteiger partial charge in [0.15, 0.2) is 0 Å². The Morgan fingerprint density at radius 1 is 1.27 bits per heavy atom. The molecule has 4 N–H and O–H groups in total. The van der Waals surface area contributed by atoms with E-state index in [0.717, 1.165) is 10.9 Å². The van der Waals surface area contributed by atoms with Gasteiger partial charge in [-0.2, -0.15) is 0 Å². The van der Waals surface area contributed by atoms with Gasteiger partial charge < -0.3 is 20.5 Å². The third-order valence-corrected chi connectivity index (χ3v) is 2.84. The van der Waals surface area contributed by atoms with E-state index in [1.807, 2.05) is 16.8 Å². The molecule has 0 fully saturated rings. The number of aromatic nitrogens is 1. The van der Waals surface area contributed by atoms with Gasteiger partial charge in [-0.25, -0.2) is 14.0 Å². The summed E-state index contributed by atoms with van der Waals surface area (Å²) in [5.41, 5.74) is 6.37. The van der Waals surface area contributed by atoms with E-state index < -0.39 is 11.9 Å². The van der Waals surface area contributed by atoms with E-state index in [9.17, 15) is 14.0 Å². The molecule has 0 atom stereocenters. The Morgan fingerprint density at radius 3 is 2.36 bits per heavy atom. The molecule has 1 aromatic carbocycles. The molecule has 1 heterocycles. The normalized spacial score (nSPS) is 10.5. The molecule has 0 amide bonds. The fourth-order valence-corrected chi connectivity index (χ4v) is 1.82. The van der Waals surface area contributed by atoms with Crippen molar-refractivity contribution in [3.05, 3.63) is 47.4 Å².